The van der Waals surface area contributed by atoms with Gasteiger partial charge in [-0.1, -0.05) is 30.3 Å². The van der Waals surface area contributed by atoms with Gasteiger partial charge in [0.25, 0.3) is 0 Å². The van der Waals surface area contributed by atoms with Gasteiger partial charge in [0.2, 0.25) is 0 Å². The van der Waals surface area contributed by atoms with Crippen molar-refractivity contribution in [2.24, 2.45) is 0 Å². The number of carbonyl (C=O) groups excluding carboxylic acids is 1. The van der Waals surface area contributed by atoms with Crippen LogP contribution in [0.2, 0.25) is 0 Å². The Balaban J connectivity index is 2.06. The first-order valence-corrected chi connectivity index (χ1v) is 6.74. The fourth-order valence-corrected chi connectivity index (χ4v) is 2.74. The lowest BCUT2D eigenvalue weighted by Crippen LogP contribution is -2.05. The average molecular weight is 258 g/mol. The zero-order valence-electron chi connectivity index (χ0n) is 10.1. The highest BCUT2D eigenvalue weighted by Crippen LogP contribution is 2.31. The quantitative estimate of drug-likeness (QED) is 0.826. The van der Waals surface area contributed by atoms with E-state index in [1.54, 1.807) is 24.9 Å². The van der Waals surface area contributed by atoms with E-state index in [9.17, 15) is 4.79 Å². The second kappa shape index (κ2) is 6.31. The van der Waals surface area contributed by atoms with Crippen molar-refractivity contribution in [3.63, 3.8) is 0 Å². The Morgan fingerprint density at radius 2 is 2.06 bits per heavy atom. The molecular weight excluding hydrogens is 244 g/mol. The summed E-state index contributed by atoms with van der Waals surface area (Å²) in [5.74, 6) is 0.877. The number of carbonyl (C=O) groups is 1. The fraction of sp³-hybridized carbons (Fsp3) is 0.214. The molecule has 0 aliphatic heterocycles. The third kappa shape index (κ3) is 3.40. The first-order valence-electron chi connectivity index (χ1n) is 5.69. The molecule has 0 bridgehead atoms. The summed E-state index contributed by atoms with van der Waals surface area (Å²) in [7, 11) is 0. The minimum absolute atomic E-state index is 0.124. The van der Waals surface area contributed by atoms with E-state index in [1.807, 2.05) is 36.4 Å². The molecule has 0 aliphatic carbocycles. The monoisotopic (exact) mass is 258 g/mol. The molecule has 3 nitrogen and oxygen atoms in total. The van der Waals surface area contributed by atoms with Crippen LogP contribution in [0, 0.1) is 0 Å². The Morgan fingerprint density at radius 3 is 2.67 bits per heavy atom. The van der Waals surface area contributed by atoms with Gasteiger partial charge in [-0.15, -0.1) is 11.8 Å². The molecule has 2 rings (SSSR count). The smallest absolute Gasteiger partial charge is 0.147 e. The number of thioether (sulfide) groups is 1. The third-order valence-electron chi connectivity index (χ3n) is 2.51. The van der Waals surface area contributed by atoms with Crippen LogP contribution >= 0.6 is 11.8 Å². The van der Waals surface area contributed by atoms with E-state index in [2.05, 4.69) is 9.97 Å². The molecule has 1 heterocycles. The Labute approximate surface area is 111 Å². The van der Waals surface area contributed by atoms with Gasteiger partial charge in [-0.05, 0) is 18.6 Å². The summed E-state index contributed by atoms with van der Waals surface area (Å²) < 4.78 is 0. The van der Waals surface area contributed by atoms with E-state index in [1.165, 1.54) is 6.33 Å². The Kier molecular flexibility index (Phi) is 4.47. The number of hydrogen-bond acceptors (Lipinski definition) is 4. The number of rotatable bonds is 5. The number of nitrogens with zero attached hydrogens (tertiary/aromatic N) is 2. The summed E-state index contributed by atoms with van der Waals surface area (Å²) >= 11 is 1.60. The normalized spacial score (nSPS) is 12.1. The summed E-state index contributed by atoms with van der Waals surface area (Å²) in [6, 6.07) is 11.7. The zero-order chi connectivity index (χ0) is 12.8. The van der Waals surface area contributed by atoms with Crippen molar-refractivity contribution in [2.75, 3.05) is 0 Å². The molecule has 1 aromatic heterocycles. The van der Waals surface area contributed by atoms with Gasteiger partial charge in [0.05, 0.1) is 10.9 Å². The lowest BCUT2D eigenvalue weighted by atomic mass is 10.1. The topological polar surface area (TPSA) is 42.9 Å². The Bertz CT molecular complexity index is 502. The van der Waals surface area contributed by atoms with Gasteiger partial charge in [-0.3, -0.25) is 4.79 Å². The van der Waals surface area contributed by atoms with Crippen LogP contribution in [0.5, 0.6) is 0 Å². The molecule has 2 aromatic rings. The highest BCUT2D eigenvalue weighted by molar-refractivity contribution is 7.99. The van der Waals surface area contributed by atoms with Gasteiger partial charge in [-0.25, -0.2) is 9.97 Å². The second-order valence-corrected chi connectivity index (χ2v) is 5.01. The molecule has 0 aliphatic rings. The van der Waals surface area contributed by atoms with Crippen molar-refractivity contribution in [2.45, 2.75) is 17.9 Å². The van der Waals surface area contributed by atoms with Crippen molar-refractivity contribution in [1.29, 1.82) is 0 Å². The zero-order valence-corrected chi connectivity index (χ0v) is 10.9. The predicted molar refractivity (Wildman–Crippen MR) is 73.2 cm³/mol. The number of Topliss-reactive ketones (excluding diaryl/α,β-unsaturated/α-hetero) is 1. The van der Waals surface area contributed by atoms with Crippen molar-refractivity contribution in [1.82, 2.24) is 9.97 Å². The van der Waals surface area contributed by atoms with Gasteiger partial charge in [0.15, 0.2) is 0 Å². The van der Waals surface area contributed by atoms with E-state index >= 15 is 0 Å². The van der Waals surface area contributed by atoms with E-state index in [4.69, 9.17) is 0 Å². The first kappa shape index (κ1) is 12.8. The summed E-state index contributed by atoms with van der Waals surface area (Å²) in [6.07, 6.45) is 3.25. The largest absolute Gasteiger partial charge is 0.298 e. The molecule has 1 unspecified atom stereocenters. The van der Waals surface area contributed by atoms with Gasteiger partial charge >= 0.3 is 0 Å². The lowest BCUT2D eigenvalue weighted by Gasteiger charge is -2.13. The Hall–Kier alpha value is -1.68. The van der Waals surface area contributed by atoms with E-state index < -0.39 is 0 Å². The van der Waals surface area contributed by atoms with Crippen LogP contribution in [0.1, 0.15) is 23.4 Å². The summed E-state index contributed by atoms with van der Waals surface area (Å²) in [6.45, 7) is 1.63. The van der Waals surface area contributed by atoms with E-state index in [-0.39, 0.29) is 11.0 Å². The van der Waals surface area contributed by atoms with Gasteiger partial charge < -0.3 is 0 Å². The highest BCUT2D eigenvalue weighted by atomic mass is 32.2. The number of benzene rings is 1. The number of hydrogen-bond donors (Lipinski definition) is 0. The van der Waals surface area contributed by atoms with Crippen LogP contribution in [0.15, 0.2) is 48.9 Å². The summed E-state index contributed by atoms with van der Waals surface area (Å²) in [5, 5.41) is -0.124. The fourth-order valence-electron chi connectivity index (χ4n) is 1.65. The molecule has 18 heavy (non-hydrogen) atoms. The molecule has 0 spiro atoms. The summed E-state index contributed by atoms with van der Waals surface area (Å²) in [5.41, 5.74) is 1.99. The average Bonchev–Trinajstić information content (AvgIpc) is 2.41. The minimum Gasteiger partial charge on any atom is -0.298 e. The SMILES string of the molecule is CC(=O)C(SCc1ccncn1)c1ccccc1. The predicted octanol–water partition coefficient (Wildman–Crippen LogP) is 3.04. The molecule has 1 aromatic carbocycles. The van der Waals surface area contributed by atoms with Crippen LogP contribution in [-0.4, -0.2) is 15.8 Å². The second-order valence-electron chi connectivity index (χ2n) is 3.91. The standard InChI is InChI=1S/C14H14N2OS/c1-11(17)14(12-5-3-2-4-6-12)18-9-13-7-8-15-10-16-13/h2-8,10,14H,9H2,1H3. The lowest BCUT2D eigenvalue weighted by molar-refractivity contribution is -0.116. The van der Waals surface area contributed by atoms with Gasteiger partial charge in [0, 0.05) is 11.9 Å². The van der Waals surface area contributed by atoms with Gasteiger partial charge in [0.1, 0.15) is 12.1 Å². The molecular formula is C14H14N2OS. The van der Waals surface area contributed by atoms with E-state index in [0.717, 1.165) is 11.3 Å². The molecule has 0 fully saturated rings. The Morgan fingerprint density at radius 1 is 1.28 bits per heavy atom. The molecule has 0 N–H and O–H groups in total. The van der Waals surface area contributed by atoms with Crippen LogP contribution in [0.25, 0.3) is 0 Å². The van der Waals surface area contributed by atoms with E-state index in [0.29, 0.717) is 5.75 Å². The summed E-state index contributed by atoms with van der Waals surface area (Å²) in [4.78, 5) is 19.8. The van der Waals surface area contributed by atoms with Crippen molar-refractivity contribution < 1.29 is 4.79 Å². The maximum Gasteiger partial charge on any atom is 0.147 e. The van der Waals surface area contributed by atoms with Crippen molar-refractivity contribution in [3.8, 4) is 0 Å². The molecule has 0 saturated carbocycles. The van der Waals surface area contributed by atoms with Crippen molar-refractivity contribution in [3.05, 3.63) is 60.2 Å². The third-order valence-corrected chi connectivity index (χ3v) is 3.91. The van der Waals surface area contributed by atoms with Crippen LogP contribution in [0.4, 0.5) is 0 Å². The molecule has 1 atom stereocenters. The van der Waals surface area contributed by atoms with Crippen LogP contribution in [0.3, 0.4) is 0 Å². The van der Waals surface area contributed by atoms with Crippen LogP contribution < -0.4 is 0 Å². The highest BCUT2D eigenvalue weighted by Gasteiger charge is 2.17. The molecule has 0 radical (unpaired) electrons. The minimum atomic E-state index is -0.124. The molecule has 0 amide bonds. The number of ketones is 1. The number of aromatic nitrogens is 2. The van der Waals surface area contributed by atoms with Gasteiger partial charge in [-0.2, -0.15) is 0 Å². The molecule has 0 saturated heterocycles. The van der Waals surface area contributed by atoms with Crippen LogP contribution in [-0.2, 0) is 10.5 Å². The molecule has 4 heteroatoms. The molecule has 92 valence electrons. The first-order chi connectivity index (χ1) is 8.77. The van der Waals surface area contributed by atoms with Crippen molar-refractivity contribution >= 4 is 17.5 Å². The maximum absolute atomic E-state index is 11.7. The maximum atomic E-state index is 11.7.